The molecule has 6 heteroatoms. The molecule has 0 saturated heterocycles. The van der Waals surface area contributed by atoms with Crippen LogP contribution in [0.1, 0.15) is 34.6 Å². The monoisotopic (exact) mass is 332 g/mol. The van der Waals surface area contributed by atoms with Gasteiger partial charge in [0.25, 0.3) is 5.91 Å². The first-order chi connectivity index (χ1) is 11.1. The number of nitrogens with one attached hydrogen (secondary N) is 2. The molecule has 5 nitrogen and oxygen atoms in total. The summed E-state index contributed by atoms with van der Waals surface area (Å²) in [5, 5.41) is 7.38. The summed E-state index contributed by atoms with van der Waals surface area (Å²) in [4.78, 5) is 24.4. The molecule has 0 aliphatic rings. The van der Waals surface area contributed by atoms with E-state index in [0.717, 1.165) is 17.7 Å². The molecule has 1 unspecified atom stereocenters. The van der Waals surface area contributed by atoms with Gasteiger partial charge in [-0.25, -0.2) is 0 Å². The number of benzene rings is 1. The molecule has 2 N–H and O–H groups in total. The molecule has 0 saturated carbocycles. The molecule has 2 amide bonds. The summed E-state index contributed by atoms with van der Waals surface area (Å²) in [6.45, 7) is 1.96. The molecule has 2 rings (SSSR count). The molecule has 0 bridgehead atoms. The Morgan fingerprint density at radius 3 is 2.52 bits per heavy atom. The van der Waals surface area contributed by atoms with E-state index in [1.807, 2.05) is 36.6 Å². The number of amides is 2. The highest BCUT2D eigenvalue weighted by Crippen LogP contribution is 2.19. The molecule has 122 valence electrons. The number of ether oxygens (including phenoxy) is 1. The lowest BCUT2D eigenvalue weighted by atomic mass is 10.0. The molecule has 1 aromatic carbocycles. The highest BCUT2D eigenvalue weighted by atomic mass is 32.1. The Morgan fingerprint density at radius 1 is 1.22 bits per heavy atom. The van der Waals surface area contributed by atoms with Gasteiger partial charge in [0.05, 0.1) is 24.6 Å². The third-order valence-electron chi connectivity index (χ3n) is 3.42. The third kappa shape index (κ3) is 4.82. The number of carbonyl (C=O) groups is 2. The lowest BCUT2D eigenvalue weighted by molar-refractivity contribution is -0.120. The minimum atomic E-state index is -0.229. The summed E-state index contributed by atoms with van der Waals surface area (Å²) >= 11 is 1.35. The van der Waals surface area contributed by atoms with Crippen LogP contribution < -0.4 is 15.4 Å². The minimum Gasteiger partial charge on any atom is -0.497 e. The average molecular weight is 332 g/mol. The van der Waals surface area contributed by atoms with Crippen LogP contribution in [0, 0.1) is 0 Å². The normalized spacial score (nSPS) is 11.6. The summed E-state index contributed by atoms with van der Waals surface area (Å²) in [6, 6.07) is 11.0. The van der Waals surface area contributed by atoms with Crippen molar-refractivity contribution in [2.24, 2.45) is 0 Å². The van der Waals surface area contributed by atoms with Crippen LogP contribution in [0.4, 0.5) is 0 Å². The molecule has 1 heterocycles. The first-order valence-corrected chi connectivity index (χ1v) is 8.27. The minimum absolute atomic E-state index is 0.0383. The van der Waals surface area contributed by atoms with Crippen molar-refractivity contribution in [3.05, 3.63) is 52.2 Å². The maximum atomic E-state index is 12.0. The Bertz CT molecular complexity index is 638. The molecule has 0 aliphatic carbocycles. The smallest absolute Gasteiger partial charge is 0.261 e. The first kappa shape index (κ1) is 17.0. The Kier molecular flexibility index (Phi) is 6.17. The highest BCUT2D eigenvalue weighted by Gasteiger charge is 2.14. The Hall–Kier alpha value is -2.34. The molecule has 0 radical (unpaired) electrons. The van der Waals surface area contributed by atoms with E-state index < -0.39 is 0 Å². The number of methoxy groups -OCH3 is 1. The molecule has 23 heavy (non-hydrogen) atoms. The van der Waals surface area contributed by atoms with E-state index in [4.69, 9.17) is 4.74 Å². The maximum absolute atomic E-state index is 12.0. The largest absolute Gasteiger partial charge is 0.497 e. The molecule has 0 spiro atoms. The molecule has 0 aliphatic heterocycles. The van der Waals surface area contributed by atoms with Crippen LogP contribution in [0.5, 0.6) is 5.75 Å². The van der Waals surface area contributed by atoms with Gasteiger partial charge in [-0.3, -0.25) is 9.59 Å². The number of hydrogen-bond donors (Lipinski definition) is 2. The van der Waals surface area contributed by atoms with Crippen LogP contribution in [0.2, 0.25) is 0 Å². The van der Waals surface area contributed by atoms with Crippen molar-refractivity contribution in [2.45, 2.75) is 19.4 Å². The second-order valence-corrected chi connectivity index (χ2v) is 5.91. The van der Waals surface area contributed by atoms with Crippen molar-refractivity contribution in [3.8, 4) is 5.75 Å². The van der Waals surface area contributed by atoms with E-state index in [1.54, 1.807) is 19.2 Å². The van der Waals surface area contributed by atoms with Crippen LogP contribution in [0.3, 0.4) is 0 Å². The van der Waals surface area contributed by atoms with E-state index in [0.29, 0.717) is 4.88 Å². The third-order valence-corrected chi connectivity index (χ3v) is 4.28. The van der Waals surface area contributed by atoms with Crippen molar-refractivity contribution >= 4 is 23.2 Å². The molecule has 1 aromatic heterocycles. The van der Waals surface area contributed by atoms with Gasteiger partial charge in [0.1, 0.15) is 5.75 Å². The van der Waals surface area contributed by atoms with Crippen molar-refractivity contribution in [2.75, 3.05) is 13.7 Å². The first-order valence-electron chi connectivity index (χ1n) is 7.39. The van der Waals surface area contributed by atoms with Gasteiger partial charge in [-0.2, -0.15) is 0 Å². The summed E-state index contributed by atoms with van der Waals surface area (Å²) in [6.07, 6.45) is 0.761. The Morgan fingerprint density at radius 2 is 1.96 bits per heavy atom. The summed E-state index contributed by atoms with van der Waals surface area (Å²) in [7, 11) is 1.62. The van der Waals surface area contributed by atoms with Crippen molar-refractivity contribution in [1.82, 2.24) is 10.6 Å². The summed E-state index contributed by atoms with van der Waals surface area (Å²) in [5.74, 6) is 0.336. The molecule has 1 atom stereocenters. The van der Waals surface area contributed by atoms with Crippen LogP contribution >= 0.6 is 11.3 Å². The van der Waals surface area contributed by atoms with E-state index in [-0.39, 0.29) is 24.4 Å². The van der Waals surface area contributed by atoms with Gasteiger partial charge >= 0.3 is 0 Å². The zero-order valence-corrected chi connectivity index (χ0v) is 14.0. The SMILES string of the molecule is CCC(NC(=O)CNC(=O)c1cccs1)c1ccc(OC)cc1. The Balaban J connectivity index is 1.87. The van der Waals surface area contributed by atoms with Crippen LogP contribution in [0.15, 0.2) is 41.8 Å². The highest BCUT2D eigenvalue weighted by molar-refractivity contribution is 7.12. The van der Waals surface area contributed by atoms with E-state index >= 15 is 0 Å². The summed E-state index contributed by atoms with van der Waals surface area (Å²) < 4.78 is 5.13. The fraction of sp³-hybridized carbons (Fsp3) is 0.294. The van der Waals surface area contributed by atoms with Crippen LogP contribution in [0.25, 0.3) is 0 Å². The second kappa shape index (κ2) is 8.33. The van der Waals surface area contributed by atoms with Crippen LogP contribution in [-0.4, -0.2) is 25.5 Å². The molecular formula is C17H20N2O3S. The van der Waals surface area contributed by atoms with Gasteiger partial charge in [0.15, 0.2) is 0 Å². The predicted molar refractivity (Wildman–Crippen MR) is 90.8 cm³/mol. The van der Waals surface area contributed by atoms with Crippen molar-refractivity contribution in [3.63, 3.8) is 0 Å². The maximum Gasteiger partial charge on any atom is 0.261 e. The van der Waals surface area contributed by atoms with E-state index in [1.165, 1.54) is 11.3 Å². The fourth-order valence-electron chi connectivity index (χ4n) is 2.16. The van der Waals surface area contributed by atoms with Crippen molar-refractivity contribution in [1.29, 1.82) is 0 Å². The van der Waals surface area contributed by atoms with E-state index in [9.17, 15) is 9.59 Å². The van der Waals surface area contributed by atoms with Crippen LogP contribution in [-0.2, 0) is 4.79 Å². The number of hydrogen-bond acceptors (Lipinski definition) is 4. The number of rotatable bonds is 7. The van der Waals surface area contributed by atoms with Gasteiger partial charge in [0.2, 0.25) is 5.91 Å². The van der Waals surface area contributed by atoms with Gasteiger partial charge in [-0.15, -0.1) is 11.3 Å². The van der Waals surface area contributed by atoms with E-state index in [2.05, 4.69) is 10.6 Å². The van der Waals surface area contributed by atoms with Gasteiger partial charge in [0, 0.05) is 0 Å². The van der Waals surface area contributed by atoms with Gasteiger partial charge in [-0.05, 0) is 35.6 Å². The Labute approximate surface area is 139 Å². The zero-order valence-electron chi connectivity index (χ0n) is 13.2. The number of thiophene rings is 1. The van der Waals surface area contributed by atoms with Crippen molar-refractivity contribution < 1.29 is 14.3 Å². The standard InChI is InChI=1S/C17H20N2O3S/c1-3-14(12-6-8-13(22-2)9-7-12)19-16(20)11-18-17(21)15-5-4-10-23-15/h4-10,14H,3,11H2,1-2H3,(H,18,21)(H,19,20). The fourth-order valence-corrected chi connectivity index (χ4v) is 2.80. The lowest BCUT2D eigenvalue weighted by Crippen LogP contribution is -2.38. The number of carbonyl (C=O) groups excluding carboxylic acids is 2. The molecule has 0 fully saturated rings. The summed E-state index contributed by atoms with van der Waals surface area (Å²) in [5.41, 5.74) is 1.01. The topological polar surface area (TPSA) is 67.4 Å². The van der Waals surface area contributed by atoms with Gasteiger partial charge < -0.3 is 15.4 Å². The average Bonchev–Trinajstić information content (AvgIpc) is 3.12. The predicted octanol–water partition coefficient (Wildman–Crippen LogP) is 2.75. The molecule has 2 aromatic rings. The lowest BCUT2D eigenvalue weighted by Gasteiger charge is -2.18. The second-order valence-electron chi connectivity index (χ2n) is 4.96. The quantitative estimate of drug-likeness (QED) is 0.819. The molecular weight excluding hydrogens is 312 g/mol. The van der Waals surface area contributed by atoms with Gasteiger partial charge in [-0.1, -0.05) is 25.1 Å². The zero-order chi connectivity index (χ0) is 16.7.